The van der Waals surface area contributed by atoms with Crippen LogP contribution in [0.1, 0.15) is 23.4 Å². The zero-order chi connectivity index (χ0) is 13.8. The van der Waals surface area contributed by atoms with E-state index in [1.54, 1.807) is 23.5 Å². The fraction of sp³-hybridized carbons (Fsp3) is 0.286. The van der Waals surface area contributed by atoms with Gasteiger partial charge >= 0.3 is 0 Å². The van der Waals surface area contributed by atoms with Gasteiger partial charge in [-0.2, -0.15) is 0 Å². The minimum absolute atomic E-state index is 0.0214. The topological polar surface area (TPSA) is 12.0 Å². The quantitative estimate of drug-likeness (QED) is 0.810. The van der Waals surface area contributed by atoms with E-state index in [1.165, 1.54) is 6.07 Å². The molecular weight excluding hydrogens is 304 g/mol. The molecule has 1 unspecified atom stereocenters. The summed E-state index contributed by atoms with van der Waals surface area (Å²) in [6.45, 7) is 2.79. The van der Waals surface area contributed by atoms with E-state index in [-0.39, 0.29) is 11.9 Å². The number of nitrogens with one attached hydrogen (secondary N) is 1. The molecule has 0 amide bonds. The fourth-order valence-corrected chi connectivity index (χ4v) is 3.49. The van der Waals surface area contributed by atoms with Crippen molar-refractivity contribution in [2.24, 2.45) is 0 Å². The number of rotatable bonds is 5. The molecule has 5 heteroatoms. The minimum Gasteiger partial charge on any atom is -0.309 e. The molecule has 2 rings (SSSR count). The highest BCUT2D eigenvalue weighted by Gasteiger charge is 2.19. The second kappa shape index (κ2) is 6.71. The highest BCUT2D eigenvalue weighted by Crippen LogP contribution is 2.32. The van der Waals surface area contributed by atoms with Crippen LogP contribution in [0.5, 0.6) is 0 Å². The first-order chi connectivity index (χ1) is 9.13. The van der Waals surface area contributed by atoms with Gasteiger partial charge in [-0.05, 0) is 36.5 Å². The van der Waals surface area contributed by atoms with E-state index in [4.69, 9.17) is 23.2 Å². The van der Waals surface area contributed by atoms with Crippen molar-refractivity contribution in [1.82, 2.24) is 5.32 Å². The molecule has 0 aliphatic rings. The zero-order valence-electron chi connectivity index (χ0n) is 10.4. The third kappa shape index (κ3) is 3.48. The highest BCUT2D eigenvalue weighted by molar-refractivity contribution is 7.10. The molecule has 1 aromatic carbocycles. The second-order valence-electron chi connectivity index (χ2n) is 4.15. The third-order valence-corrected chi connectivity index (χ3v) is 4.71. The van der Waals surface area contributed by atoms with Crippen molar-refractivity contribution in [3.8, 4) is 0 Å². The predicted molar refractivity (Wildman–Crippen MR) is 80.9 cm³/mol. The van der Waals surface area contributed by atoms with Crippen molar-refractivity contribution < 1.29 is 4.39 Å². The van der Waals surface area contributed by atoms with Crippen molar-refractivity contribution in [3.63, 3.8) is 0 Å². The molecule has 0 saturated carbocycles. The Morgan fingerprint density at radius 1 is 1.26 bits per heavy atom. The van der Waals surface area contributed by atoms with Crippen LogP contribution in [0.4, 0.5) is 4.39 Å². The van der Waals surface area contributed by atoms with Crippen molar-refractivity contribution >= 4 is 34.5 Å². The minimum atomic E-state index is -0.275. The maximum absolute atomic E-state index is 13.9. The Morgan fingerprint density at radius 2 is 2.05 bits per heavy atom. The molecule has 0 radical (unpaired) electrons. The highest BCUT2D eigenvalue weighted by atomic mass is 35.5. The van der Waals surface area contributed by atoms with Crippen LogP contribution in [0.25, 0.3) is 0 Å². The summed E-state index contributed by atoms with van der Waals surface area (Å²) >= 11 is 13.8. The van der Waals surface area contributed by atoms with E-state index in [2.05, 4.69) is 5.32 Å². The Labute approximate surface area is 126 Å². The number of hydrogen-bond acceptors (Lipinski definition) is 2. The maximum Gasteiger partial charge on any atom is 0.127 e. The van der Waals surface area contributed by atoms with Gasteiger partial charge in [0.25, 0.3) is 0 Å². The van der Waals surface area contributed by atoms with Crippen LogP contribution in [-0.2, 0) is 6.42 Å². The largest absolute Gasteiger partial charge is 0.309 e. The monoisotopic (exact) mass is 317 g/mol. The van der Waals surface area contributed by atoms with Gasteiger partial charge in [0, 0.05) is 21.5 Å². The zero-order valence-corrected chi connectivity index (χ0v) is 12.7. The summed E-state index contributed by atoms with van der Waals surface area (Å²) in [5, 5.41) is 6.43. The third-order valence-electron chi connectivity index (χ3n) is 2.88. The lowest BCUT2D eigenvalue weighted by Crippen LogP contribution is -2.23. The molecule has 0 aliphatic heterocycles. The SMILES string of the molecule is CCNC(Cc1c(F)cccc1Cl)c1sccc1Cl. The van der Waals surface area contributed by atoms with E-state index >= 15 is 0 Å². The summed E-state index contributed by atoms with van der Waals surface area (Å²) in [4.78, 5) is 1.02. The van der Waals surface area contributed by atoms with Gasteiger partial charge in [0.1, 0.15) is 5.82 Å². The number of hydrogen-bond donors (Lipinski definition) is 1. The summed E-state index contributed by atoms with van der Waals surface area (Å²) in [5.41, 5.74) is 0.527. The lowest BCUT2D eigenvalue weighted by molar-refractivity contribution is 0.534. The number of halogens is 3. The lowest BCUT2D eigenvalue weighted by atomic mass is 10.0. The molecule has 1 aromatic heterocycles. The molecule has 0 fully saturated rings. The molecule has 0 saturated heterocycles. The molecule has 0 spiro atoms. The Bertz CT molecular complexity index is 536. The van der Waals surface area contributed by atoms with E-state index in [0.717, 1.165) is 11.4 Å². The van der Waals surface area contributed by atoms with Crippen molar-refractivity contribution in [2.75, 3.05) is 6.54 Å². The summed E-state index contributed by atoms with van der Waals surface area (Å²) in [6.07, 6.45) is 0.486. The molecule has 1 N–H and O–H groups in total. The van der Waals surface area contributed by atoms with Gasteiger partial charge in [-0.25, -0.2) is 4.39 Å². The van der Waals surface area contributed by atoms with E-state index in [9.17, 15) is 4.39 Å². The first-order valence-corrected chi connectivity index (χ1v) is 7.66. The van der Waals surface area contributed by atoms with Gasteiger partial charge in [-0.1, -0.05) is 36.2 Å². The molecule has 102 valence electrons. The van der Waals surface area contributed by atoms with Crippen molar-refractivity contribution in [1.29, 1.82) is 0 Å². The molecule has 19 heavy (non-hydrogen) atoms. The van der Waals surface area contributed by atoms with Gasteiger partial charge in [-0.3, -0.25) is 0 Å². The van der Waals surface area contributed by atoms with Crippen molar-refractivity contribution in [3.05, 3.63) is 55.9 Å². The fourth-order valence-electron chi connectivity index (χ4n) is 1.99. The van der Waals surface area contributed by atoms with Gasteiger partial charge in [-0.15, -0.1) is 11.3 Å². The predicted octanol–water partition coefficient (Wildman–Crippen LogP) is 5.09. The van der Waals surface area contributed by atoms with E-state index in [0.29, 0.717) is 22.0 Å². The maximum atomic E-state index is 13.9. The van der Waals surface area contributed by atoms with Crippen molar-refractivity contribution in [2.45, 2.75) is 19.4 Å². The molecule has 1 nitrogen and oxygen atoms in total. The molecule has 0 bridgehead atoms. The number of benzene rings is 1. The molecule has 2 aromatic rings. The normalized spacial score (nSPS) is 12.6. The molecule has 0 aliphatic carbocycles. The Morgan fingerprint density at radius 3 is 2.63 bits per heavy atom. The lowest BCUT2D eigenvalue weighted by Gasteiger charge is -2.18. The van der Waals surface area contributed by atoms with Crippen LogP contribution >= 0.6 is 34.5 Å². The second-order valence-corrected chi connectivity index (χ2v) is 5.91. The Kier molecular flexibility index (Phi) is 5.22. The van der Waals surface area contributed by atoms with Crippen LogP contribution in [0.2, 0.25) is 10.0 Å². The van der Waals surface area contributed by atoms with E-state index in [1.807, 2.05) is 18.4 Å². The number of thiophene rings is 1. The average Bonchev–Trinajstić information content (AvgIpc) is 2.79. The summed E-state index contributed by atoms with van der Waals surface area (Å²) in [6, 6.07) is 6.59. The van der Waals surface area contributed by atoms with Crippen LogP contribution in [0, 0.1) is 5.82 Å². The summed E-state index contributed by atoms with van der Waals surface area (Å²) in [5.74, 6) is -0.275. The van der Waals surface area contributed by atoms with Crippen LogP contribution in [-0.4, -0.2) is 6.54 Å². The van der Waals surface area contributed by atoms with Crippen LogP contribution in [0.15, 0.2) is 29.6 Å². The summed E-state index contributed by atoms with van der Waals surface area (Å²) < 4.78 is 13.9. The smallest absolute Gasteiger partial charge is 0.127 e. The number of likely N-dealkylation sites (N-methyl/N-ethyl adjacent to an activating group) is 1. The van der Waals surface area contributed by atoms with E-state index < -0.39 is 0 Å². The molecular formula is C14H14Cl2FNS. The Hall–Kier alpha value is -0.610. The van der Waals surface area contributed by atoms with Gasteiger partial charge < -0.3 is 5.32 Å². The molecule has 1 heterocycles. The first-order valence-electron chi connectivity index (χ1n) is 6.02. The van der Waals surface area contributed by atoms with Crippen LogP contribution in [0.3, 0.4) is 0 Å². The van der Waals surface area contributed by atoms with Gasteiger partial charge in [0.15, 0.2) is 0 Å². The van der Waals surface area contributed by atoms with Gasteiger partial charge in [0.2, 0.25) is 0 Å². The average molecular weight is 318 g/mol. The summed E-state index contributed by atoms with van der Waals surface area (Å²) in [7, 11) is 0. The van der Waals surface area contributed by atoms with Crippen LogP contribution < -0.4 is 5.32 Å². The standard InChI is InChI=1S/C14H14Cl2FNS/c1-2-18-13(14-11(16)6-7-19-14)8-9-10(15)4-3-5-12(9)17/h3-7,13,18H,2,8H2,1H3. The Balaban J connectivity index is 2.29. The first kappa shape index (κ1) is 14.8. The molecule has 1 atom stereocenters. The van der Waals surface area contributed by atoms with Gasteiger partial charge in [0.05, 0.1) is 5.02 Å².